The second-order valence-corrected chi connectivity index (χ2v) is 18.0. The fourth-order valence-electron chi connectivity index (χ4n) is 5.79. The zero-order valence-electron chi connectivity index (χ0n) is 31.3. The minimum atomic E-state index is -0.967. The normalized spacial score (nSPS) is 11.9. The van der Waals surface area contributed by atoms with Crippen molar-refractivity contribution < 1.29 is 81.6 Å². The summed E-state index contributed by atoms with van der Waals surface area (Å²) in [6.07, 6.45) is 17.5. The first kappa shape index (κ1) is 51.9. The summed E-state index contributed by atoms with van der Waals surface area (Å²) in [5.41, 5.74) is 0.384. The molecule has 0 aromatic heterocycles. The summed E-state index contributed by atoms with van der Waals surface area (Å²) in [5.74, 6) is -1.93. The van der Waals surface area contributed by atoms with E-state index in [1.807, 2.05) is 0 Å². The molecule has 0 unspecified atom stereocenters. The van der Waals surface area contributed by atoms with Gasteiger partial charge >= 0.3 is 56.7 Å². The number of allylic oxidation sites excluding steroid dienone is 4. The van der Waals surface area contributed by atoms with Crippen LogP contribution in [0.1, 0.15) is 20.7 Å². The fourth-order valence-corrected chi connectivity index (χ4v) is 11.4. The number of carboxylic acids is 2. The Morgan fingerprint density at radius 3 is 1.02 bits per heavy atom. The third kappa shape index (κ3) is 16.3. The van der Waals surface area contributed by atoms with E-state index in [-0.39, 0.29) is 73.0 Å². The van der Waals surface area contributed by atoms with Crippen molar-refractivity contribution in [2.75, 3.05) is 0 Å². The molecule has 0 aliphatic heterocycles. The molecule has 2 aliphatic rings. The maximum absolute atomic E-state index is 10.4. The number of aromatic carboxylic acids is 2. The van der Waals surface area contributed by atoms with Crippen LogP contribution in [-0.2, 0) is 87.1 Å². The van der Waals surface area contributed by atoms with E-state index in [4.69, 9.17) is 35.5 Å². The van der Waals surface area contributed by atoms with Crippen LogP contribution in [0.15, 0.2) is 204 Å². The molecule has 6 aromatic rings. The molecule has 0 radical (unpaired) electrons. The topological polar surface area (TPSA) is 74.6 Å². The Morgan fingerprint density at radius 1 is 0.441 bits per heavy atom. The second kappa shape index (κ2) is 28.3. The SMILES string of the molecule is C1=CC(=[PH](c2ccccc2)c2ccccc2)C=C1.O=C(O)c1ccccc1[S-].O=C(O)c1ccccc1[S-].[Au+].[Au+].[Fe].c1ccc([PH](=C2[CH-][CH-][CH-][CH-]2)c2ccccc2)cc1. The number of carboxylic acid groups (broad SMARTS) is 2. The molecule has 1 saturated carbocycles. The Bertz CT molecular complexity index is 2180. The number of carbonyl (C=O) groups is 2. The quantitative estimate of drug-likeness (QED) is 0.0755. The molecule has 0 amide bonds. The standard InChI is InChI=1S/2C17H15P.2C7H6O2S.2Au.Fe/c2*1-3-9-15(10-4-1)18(17-13-7-8-14-17)16-11-5-2-6-12-16;2*8-7(9)5-3-1-2-4-6(5)10;;;/h2*1-14,18H;2*1-4,10H,(H,8,9);;;/q;-4;;;2*+1;/p-2. The first-order valence-corrected chi connectivity index (χ1v) is 21.5. The van der Waals surface area contributed by atoms with Crippen molar-refractivity contribution in [1.29, 1.82) is 0 Å². The summed E-state index contributed by atoms with van der Waals surface area (Å²) in [5, 5.41) is 25.7. The van der Waals surface area contributed by atoms with E-state index in [0.717, 1.165) is 0 Å². The molecule has 0 spiro atoms. The largest absolute Gasteiger partial charge is 1.00 e. The van der Waals surface area contributed by atoms with Crippen molar-refractivity contribution in [3.05, 3.63) is 231 Å². The maximum Gasteiger partial charge on any atom is 1.00 e. The van der Waals surface area contributed by atoms with Gasteiger partial charge < -0.3 is 66.4 Å². The van der Waals surface area contributed by atoms with Gasteiger partial charge in [0.1, 0.15) is 0 Å². The number of rotatable bonds is 6. The van der Waals surface area contributed by atoms with E-state index in [9.17, 15) is 9.59 Å². The van der Waals surface area contributed by atoms with Crippen molar-refractivity contribution in [2.45, 2.75) is 9.79 Å². The Morgan fingerprint density at radius 2 is 0.729 bits per heavy atom. The summed E-state index contributed by atoms with van der Waals surface area (Å²) in [6.45, 7) is 0. The molecule has 2 aliphatic carbocycles. The molecule has 312 valence electrons. The first-order valence-electron chi connectivity index (χ1n) is 17.7. The van der Waals surface area contributed by atoms with E-state index >= 15 is 0 Å². The number of benzene rings is 6. The van der Waals surface area contributed by atoms with Crippen LogP contribution in [0.3, 0.4) is 0 Å². The van der Waals surface area contributed by atoms with Crippen molar-refractivity contribution in [2.24, 2.45) is 0 Å². The number of hydrogen-bond acceptors (Lipinski definition) is 4. The zero-order chi connectivity index (χ0) is 39.5. The number of hydrogen-bond donors (Lipinski definition) is 2. The third-order valence-electron chi connectivity index (χ3n) is 8.39. The summed E-state index contributed by atoms with van der Waals surface area (Å²) in [4.78, 5) is 21.5. The average molecular weight is 1260 g/mol. The van der Waals surface area contributed by atoms with Crippen LogP contribution in [0.25, 0.3) is 0 Å². The second-order valence-electron chi connectivity index (χ2n) is 12.2. The summed E-state index contributed by atoms with van der Waals surface area (Å²) < 4.78 is 0. The minimum Gasteiger partial charge on any atom is -0.779 e. The molecule has 0 bridgehead atoms. The molecule has 1 fully saturated rings. The molecule has 4 nitrogen and oxygen atoms in total. The van der Waals surface area contributed by atoms with Gasteiger partial charge in [0.15, 0.2) is 0 Å². The van der Waals surface area contributed by atoms with Crippen LogP contribution in [-0.4, -0.2) is 32.7 Å². The van der Waals surface area contributed by atoms with Gasteiger partial charge in [0.05, 0.1) is 0 Å². The van der Waals surface area contributed by atoms with Crippen molar-refractivity contribution >= 4 is 84.1 Å². The minimum absolute atomic E-state index is 0. The van der Waals surface area contributed by atoms with Crippen molar-refractivity contribution in [1.82, 2.24) is 0 Å². The van der Waals surface area contributed by atoms with Gasteiger partial charge in [0, 0.05) is 28.2 Å². The van der Waals surface area contributed by atoms with Crippen molar-refractivity contribution in [3.63, 3.8) is 0 Å². The van der Waals surface area contributed by atoms with Crippen LogP contribution >= 0.6 is 15.1 Å². The summed E-state index contributed by atoms with van der Waals surface area (Å²) in [6, 6.07) is 56.2. The van der Waals surface area contributed by atoms with Gasteiger partial charge in [0.25, 0.3) is 0 Å². The van der Waals surface area contributed by atoms with Gasteiger partial charge in [-0.25, -0.2) is 9.59 Å². The Hall–Kier alpha value is -3.22. The van der Waals surface area contributed by atoms with Crippen LogP contribution in [0.4, 0.5) is 0 Å². The van der Waals surface area contributed by atoms with Gasteiger partial charge in [0.2, 0.25) is 0 Å². The van der Waals surface area contributed by atoms with Gasteiger partial charge in [-0.2, -0.15) is 9.79 Å². The monoisotopic (exact) mass is 1260 g/mol. The maximum atomic E-state index is 10.4. The fraction of sp³-hybridized carbons (Fsp3) is 0. The van der Waals surface area contributed by atoms with Gasteiger partial charge in [-0.3, -0.25) is 0 Å². The predicted octanol–water partition coefficient (Wildman–Crippen LogP) is 8.58. The molecular weight excluding hydrogens is 1220 g/mol. The summed E-state index contributed by atoms with van der Waals surface area (Å²) >= 11 is 9.49. The van der Waals surface area contributed by atoms with Gasteiger partial charge in [-0.15, -0.1) is 7.55 Å². The Balaban J connectivity index is 0.000000277. The molecular formula is C48H40Au2FeO4P2S2-4. The average Bonchev–Trinajstić information content (AvgIpc) is 3.97. The first-order chi connectivity index (χ1) is 27.3. The molecule has 2 N–H and O–H groups in total. The van der Waals surface area contributed by atoms with Gasteiger partial charge in [-0.05, 0) is 38.6 Å². The van der Waals surface area contributed by atoms with E-state index in [1.54, 1.807) is 36.4 Å². The Labute approximate surface area is 402 Å². The predicted molar refractivity (Wildman–Crippen MR) is 244 cm³/mol. The smallest absolute Gasteiger partial charge is 0.779 e. The molecule has 0 saturated heterocycles. The molecule has 11 heteroatoms. The van der Waals surface area contributed by atoms with E-state index < -0.39 is 27.0 Å². The Kier molecular flexibility index (Phi) is 24.9. The molecule has 6 aromatic carbocycles. The molecule has 59 heavy (non-hydrogen) atoms. The van der Waals surface area contributed by atoms with Gasteiger partial charge in [-0.1, -0.05) is 190 Å². The van der Waals surface area contributed by atoms with E-state index in [2.05, 4.69) is 171 Å². The van der Waals surface area contributed by atoms with Crippen LogP contribution in [0, 0.1) is 25.7 Å². The third-order valence-corrected chi connectivity index (χ3v) is 14.6. The van der Waals surface area contributed by atoms with Crippen molar-refractivity contribution in [3.8, 4) is 0 Å². The van der Waals surface area contributed by atoms with E-state index in [1.165, 1.54) is 43.9 Å². The van der Waals surface area contributed by atoms with Crippen LogP contribution in [0.5, 0.6) is 0 Å². The van der Waals surface area contributed by atoms with E-state index in [0.29, 0.717) is 9.79 Å². The zero-order valence-corrected chi connectivity index (χ0v) is 40.3. The molecule has 0 heterocycles. The van der Waals surface area contributed by atoms with Crippen LogP contribution < -0.4 is 21.2 Å². The summed E-state index contributed by atoms with van der Waals surface area (Å²) in [7, 11) is -1.67. The molecule has 0 atom stereocenters. The van der Waals surface area contributed by atoms with Crippen LogP contribution in [0.2, 0.25) is 0 Å². The molecule has 8 rings (SSSR count).